The van der Waals surface area contributed by atoms with E-state index in [1.165, 1.54) is 22.8 Å². The summed E-state index contributed by atoms with van der Waals surface area (Å²) in [5, 5.41) is 0. The first kappa shape index (κ1) is 10.2. The highest BCUT2D eigenvalue weighted by molar-refractivity contribution is 8.03. The van der Waals surface area contributed by atoms with Crippen molar-refractivity contribution in [1.29, 1.82) is 0 Å². The topological polar surface area (TPSA) is 3.24 Å². The fourth-order valence-corrected chi connectivity index (χ4v) is 3.72. The number of anilines is 1. The number of aryl methyl sites for hydroxylation is 1. The van der Waals surface area contributed by atoms with E-state index in [4.69, 9.17) is 0 Å². The van der Waals surface area contributed by atoms with Gasteiger partial charge in [-0.2, -0.15) is 0 Å². The van der Waals surface area contributed by atoms with Crippen LogP contribution < -0.4 is 4.90 Å². The molecular formula is C11H15NS2. The van der Waals surface area contributed by atoms with Gasteiger partial charge in [-0.1, -0.05) is 12.1 Å². The lowest BCUT2D eigenvalue weighted by Gasteiger charge is -2.21. The van der Waals surface area contributed by atoms with Crippen LogP contribution in [0.4, 0.5) is 5.69 Å². The van der Waals surface area contributed by atoms with Gasteiger partial charge in [0.25, 0.3) is 0 Å². The molecule has 0 saturated carbocycles. The van der Waals surface area contributed by atoms with Gasteiger partial charge in [0.2, 0.25) is 0 Å². The van der Waals surface area contributed by atoms with Crippen LogP contribution in [0, 0.1) is 6.92 Å². The lowest BCUT2D eigenvalue weighted by molar-refractivity contribution is 1.07. The van der Waals surface area contributed by atoms with Gasteiger partial charge in [0, 0.05) is 17.2 Å². The van der Waals surface area contributed by atoms with Gasteiger partial charge in [-0.25, -0.2) is 0 Å². The zero-order valence-corrected chi connectivity index (χ0v) is 10.0. The molecule has 0 aliphatic carbocycles. The first-order valence-electron chi connectivity index (χ1n) is 4.83. The van der Waals surface area contributed by atoms with E-state index >= 15 is 0 Å². The summed E-state index contributed by atoms with van der Waals surface area (Å²) in [6.45, 7) is 2.15. The summed E-state index contributed by atoms with van der Waals surface area (Å²) in [5.41, 5.74) is 2.72. The van der Waals surface area contributed by atoms with Gasteiger partial charge >= 0.3 is 0 Å². The Labute approximate surface area is 94.3 Å². The molecule has 76 valence electrons. The summed E-state index contributed by atoms with van der Waals surface area (Å²) in [6, 6.07) is 8.78. The van der Waals surface area contributed by atoms with E-state index in [0.29, 0.717) is 0 Å². The number of rotatable bonds is 1. The third-order valence-corrected chi connectivity index (χ3v) is 4.47. The summed E-state index contributed by atoms with van der Waals surface area (Å²) in [6.07, 6.45) is 0. The molecule has 0 atom stereocenters. The van der Waals surface area contributed by atoms with Gasteiger partial charge in [0.05, 0.1) is 11.8 Å². The Kier molecular flexibility index (Phi) is 3.65. The van der Waals surface area contributed by atoms with Gasteiger partial charge in [0.1, 0.15) is 0 Å². The third kappa shape index (κ3) is 2.61. The second-order valence-electron chi connectivity index (χ2n) is 3.45. The number of benzene rings is 1. The standard InChI is InChI=1S/C11H15NS2/c1-10-3-2-4-11(7-10)12-8-13-5-6-14-9-12/h2-4,7H,5-6,8-9H2,1H3. The van der Waals surface area contributed by atoms with Crippen LogP contribution in [-0.4, -0.2) is 23.3 Å². The molecule has 1 aliphatic heterocycles. The Morgan fingerprint density at radius 2 is 1.86 bits per heavy atom. The van der Waals surface area contributed by atoms with E-state index in [1.54, 1.807) is 0 Å². The molecular weight excluding hydrogens is 210 g/mol. The van der Waals surface area contributed by atoms with E-state index < -0.39 is 0 Å². The normalized spacial score (nSPS) is 17.9. The van der Waals surface area contributed by atoms with E-state index in [2.05, 4.69) is 36.1 Å². The van der Waals surface area contributed by atoms with E-state index in [0.717, 1.165) is 11.8 Å². The molecule has 1 aromatic rings. The van der Waals surface area contributed by atoms with Crippen LogP contribution in [0.1, 0.15) is 5.56 Å². The molecule has 1 heterocycles. The van der Waals surface area contributed by atoms with Crippen molar-refractivity contribution in [3.05, 3.63) is 29.8 Å². The van der Waals surface area contributed by atoms with Crippen molar-refractivity contribution in [3.8, 4) is 0 Å². The van der Waals surface area contributed by atoms with Gasteiger partial charge in [-0.05, 0) is 24.6 Å². The highest BCUT2D eigenvalue weighted by Crippen LogP contribution is 2.24. The molecule has 3 heteroatoms. The fraction of sp³-hybridized carbons (Fsp3) is 0.455. The second kappa shape index (κ2) is 4.99. The van der Waals surface area contributed by atoms with Crippen LogP contribution in [0.3, 0.4) is 0 Å². The summed E-state index contributed by atoms with van der Waals surface area (Å²) in [4.78, 5) is 2.45. The molecule has 1 aromatic carbocycles. The average Bonchev–Trinajstić information content (AvgIpc) is 2.45. The number of hydrogen-bond donors (Lipinski definition) is 0. The molecule has 0 spiro atoms. The van der Waals surface area contributed by atoms with E-state index in [-0.39, 0.29) is 0 Å². The number of hydrogen-bond acceptors (Lipinski definition) is 3. The molecule has 2 rings (SSSR count). The Morgan fingerprint density at radius 3 is 2.50 bits per heavy atom. The summed E-state index contributed by atoms with van der Waals surface area (Å²) in [7, 11) is 0. The van der Waals surface area contributed by atoms with Crippen LogP contribution in [0.15, 0.2) is 24.3 Å². The molecule has 0 radical (unpaired) electrons. The van der Waals surface area contributed by atoms with Gasteiger partial charge in [0.15, 0.2) is 0 Å². The van der Waals surface area contributed by atoms with Gasteiger partial charge < -0.3 is 4.90 Å². The van der Waals surface area contributed by atoms with Crippen molar-refractivity contribution in [2.75, 3.05) is 28.2 Å². The first-order valence-corrected chi connectivity index (χ1v) is 7.14. The maximum Gasteiger partial charge on any atom is 0.0648 e. The van der Waals surface area contributed by atoms with Gasteiger partial charge in [-0.3, -0.25) is 0 Å². The molecule has 1 saturated heterocycles. The average molecular weight is 225 g/mol. The largest absolute Gasteiger partial charge is 0.353 e. The summed E-state index contributed by atoms with van der Waals surface area (Å²) < 4.78 is 0. The van der Waals surface area contributed by atoms with Crippen LogP contribution >= 0.6 is 23.5 Å². The zero-order valence-electron chi connectivity index (χ0n) is 8.40. The Bertz CT molecular complexity index is 293. The number of thioether (sulfide) groups is 2. The number of nitrogens with zero attached hydrogens (tertiary/aromatic N) is 1. The fourth-order valence-electron chi connectivity index (χ4n) is 1.48. The van der Waals surface area contributed by atoms with Crippen LogP contribution in [0.25, 0.3) is 0 Å². The molecule has 0 amide bonds. The quantitative estimate of drug-likeness (QED) is 0.722. The minimum Gasteiger partial charge on any atom is -0.353 e. The SMILES string of the molecule is Cc1cccc(N2CSCCSC2)c1. The molecule has 1 nitrogen and oxygen atoms in total. The molecule has 0 bridgehead atoms. The van der Waals surface area contributed by atoms with Crippen LogP contribution in [0.2, 0.25) is 0 Å². The molecule has 1 fully saturated rings. The minimum absolute atomic E-state index is 1.14. The molecule has 0 unspecified atom stereocenters. The van der Waals surface area contributed by atoms with Crippen molar-refractivity contribution in [2.45, 2.75) is 6.92 Å². The van der Waals surface area contributed by atoms with Crippen molar-refractivity contribution in [1.82, 2.24) is 0 Å². The van der Waals surface area contributed by atoms with Crippen molar-refractivity contribution in [3.63, 3.8) is 0 Å². The first-order chi connectivity index (χ1) is 6.86. The lowest BCUT2D eigenvalue weighted by Crippen LogP contribution is -2.20. The summed E-state index contributed by atoms with van der Waals surface area (Å²) >= 11 is 4.06. The highest BCUT2D eigenvalue weighted by Gasteiger charge is 2.09. The molecule has 1 aliphatic rings. The second-order valence-corrected chi connectivity index (χ2v) is 5.60. The predicted molar refractivity (Wildman–Crippen MR) is 68.3 cm³/mol. The van der Waals surface area contributed by atoms with E-state index in [9.17, 15) is 0 Å². The third-order valence-electron chi connectivity index (χ3n) is 2.23. The molecule has 14 heavy (non-hydrogen) atoms. The minimum atomic E-state index is 1.14. The van der Waals surface area contributed by atoms with Crippen molar-refractivity contribution >= 4 is 29.2 Å². The molecule has 0 N–H and O–H groups in total. The maximum atomic E-state index is 2.45. The smallest absolute Gasteiger partial charge is 0.0648 e. The predicted octanol–water partition coefficient (Wildman–Crippen LogP) is 3.20. The van der Waals surface area contributed by atoms with Crippen LogP contribution in [-0.2, 0) is 0 Å². The van der Waals surface area contributed by atoms with Crippen LogP contribution in [0.5, 0.6) is 0 Å². The lowest BCUT2D eigenvalue weighted by atomic mass is 10.2. The van der Waals surface area contributed by atoms with Crippen molar-refractivity contribution in [2.24, 2.45) is 0 Å². The molecule has 0 aromatic heterocycles. The zero-order chi connectivity index (χ0) is 9.80. The summed E-state index contributed by atoms with van der Waals surface area (Å²) in [5.74, 6) is 4.84. The Balaban J connectivity index is 2.12. The highest BCUT2D eigenvalue weighted by atomic mass is 32.2. The Hall–Kier alpha value is -0.280. The Morgan fingerprint density at radius 1 is 1.14 bits per heavy atom. The van der Waals surface area contributed by atoms with Crippen molar-refractivity contribution < 1.29 is 0 Å². The monoisotopic (exact) mass is 225 g/mol. The van der Waals surface area contributed by atoms with E-state index in [1.807, 2.05) is 23.5 Å². The van der Waals surface area contributed by atoms with Gasteiger partial charge in [-0.15, -0.1) is 23.5 Å². The maximum absolute atomic E-state index is 2.45.